The van der Waals surface area contributed by atoms with Gasteiger partial charge in [0.1, 0.15) is 5.75 Å². The Morgan fingerprint density at radius 2 is 1.79 bits per heavy atom. The molecule has 0 bridgehead atoms. The fourth-order valence-electron chi connectivity index (χ4n) is 3.16. The van der Waals surface area contributed by atoms with Crippen molar-refractivity contribution in [1.82, 2.24) is 4.57 Å². The Balaban J connectivity index is 1.76. The third kappa shape index (κ3) is 4.12. The SMILES string of the molecule is CC(C)c1ccccc1O[C@@H](C)C(=O)Nc1ccc2c(c1)sc(=O)n2C(C)C. The average molecular weight is 399 g/mol. The molecular formula is C22H26N2O3S. The van der Waals surface area contributed by atoms with E-state index in [9.17, 15) is 9.59 Å². The molecule has 148 valence electrons. The molecule has 0 saturated carbocycles. The standard InChI is InChI=1S/C22H26N2O3S/c1-13(2)17-8-6-7-9-19(17)27-15(5)21(25)23-16-10-11-18-20(12-16)28-22(26)24(18)14(3)4/h6-15H,1-5H3,(H,23,25)/t15-/m0/s1. The summed E-state index contributed by atoms with van der Waals surface area (Å²) in [4.78, 5) is 24.8. The summed E-state index contributed by atoms with van der Waals surface area (Å²) < 4.78 is 8.54. The fraction of sp³-hybridized carbons (Fsp3) is 0.364. The zero-order valence-electron chi connectivity index (χ0n) is 16.9. The van der Waals surface area contributed by atoms with Gasteiger partial charge in [0.2, 0.25) is 0 Å². The van der Waals surface area contributed by atoms with Gasteiger partial charge in [-0.3, -0.25) is 14.2 Å². The summed E-state index contributed by atoms with van der Waals surface area (Å²) in [6, 6.07) is 13.4. The lowest BCUT2D eigenvalue weighted by Crippen LogP contribution is -2.30. The van der Waals surface area contributed by atoms with E-state index in [-0.39, 0.29) is 16.8 Å². The van der Waals surface area contributed by atoms with Crippen molar-refractivity contribution in [3.05, 3.63) is 57.7 Å². The molecule has 2 aromatic carbocycles. The number of carbonyl (C=O) groups excluding carboxylic acids is 1. The van der Waals surface area contributed by atoms with Crippen LogP contribution in [0, 0.1) is 0 Å². The predicted molar refractivity (Wildman–Crippen MR) is 116 cm³/mol. The number of ether oxygens (including phenoxy) is 1. The molecule has 0 unspecified atom stereocenters. The van der Waals surface area contributed by atoms with Gasteiger partial charge in [0.15, 0.2) is 6.10 Å². The summed E-state index contributed by atoms with van der Waals surface area (Å²) in [6.07, 6.45) is -0.644. The lowest BCUT2D eigenvalue weighted by molar-refractivity contribution is -0.122. The number of aromatic nitrogens is 1. The maximum atomic E-state index is 12.6. The van der Waals surface area contributed by atoms with Gasteiger partial charge in [0.25, 0.3) is 5.91 Å². The maximum Gasteiger partial charge on any atom is 0.308 e. The third-order valence-corrected chi connectivity index (χ3v) is 5.53. The van der Waals surface area contributed by atoms with E-state index in [4.69, 9.17) is 4.74 Å². The van der Waals surface area contributed by atoms with Gasteiger partial charge in [-0.25, -0.2) is 0 Å². The first-order chi connectivity index (χ1) is 13.3. The molecule has 0 saturated heterocycles. The molecule has 1 N–H and O–H groups in total. The minimum atomic E-state index is -0.644. The van der Waals surface area contributed by atoms with Crippen molar-refractivity contribution in [3.8, 4) is 5.75 Å². The van der Waals surface area contributed by atoms with E-state index in [0.29, 0.717) is 11.6 Å². The van der Waals surface area contributed by atoms with E-state index in [1.165, 1.54) is 11.3 Å². The van der Waals surface area contributed by atoms with Crippen molar-refractivity contribution >= 4 is 33.1 Å². The van der Waals surface area contributed by atoms with Crippen LogP contribution >= 0.6 is 11.3 Å². The summed E-state index contributed by atoms with van der Waals surface area (Å²) in [5, 5.41) is 2.89. The smallest absolute Gasteiger partial charge is 0.308 e. The van der Waals surface area contributed by atoms with E-state index in [1.54, 1.807) is 11.5 Å². The molecule has 0 aliphatic carbocycles. The number of para-hydroxylation sites is 1. The first kappa shape index (κ1) is 20.1. The Bertz CT molecular complexity index is 1050. The van der Waals surface area contributed by atoms with E-state index in [2.05, 4.69) is 19.2 Å². The van der Waals surface area contributed by atoms with Crippen LogP contribution in [0.15, 0.2) is 47.3 Å². The number of hydrogen-bond donors (Lipinski definition) is 1. The summed E-state index contributed by atoms with van der Waals surface area (Å²) >= 11 is 1.19. The molecule has 5 nitrogen and oxygen atoms in total. The number of rotatable bonds is 6. The number of amides is 1. The molecule has 28 heavy (non-hydrogen) atoms. The Labute approximate surface area is 169 Å². The monoisotopic (exact) mass is 398 g/mol. The van der Waals surface area contributed by atoms with E-state index < -0.39 is 6.10 Å². The van der Waals surface area contributed by atoms with Crippen LogP contribution in [0.25, 0.3) is 10.2 Å². The lowest BCUT2D eigenvalue weighted by atomic mass is 10.0. The van der Waals surface area contributed by atoms with Crippen LogP contribution in [0.1, 0.15) is 52.1 Å². The van der Waals surface area contributed by atoms with Crippen LogP contribution in [-0.4, -0.2) is 16.6 Å². The number of nitrogens with one attached hydrogen (secondary N) is 1. The molecule has 0 radical (unpaired) electrons. The Hall–Kier alpha value is -2.60. The normalized spacial score (nSPS) is 12.5. The minimum absolute atomic E-state index is 0.00969. The second-order valence-electron chi connectivity index (χ2n) is 7.46. The van der Waals surface area contributed by atoms with E-state index >= 15 is 0 Å². The number of anilines is 1. The van der Waals surface area contributed by atoms with Crippen molar-refractivity contribution < 1.29 is 9.53 Å². The quantitative estimate of drug-likeness (QED) is 0.623. The molecule has 1 amide bonds. The zero-order valence-corrected chi connectivity index (χ0v) is 17.7. The van der Waals surface area contributed by atoms with Crippen LogP contribution in [0.4, 0.5) is 5.69 Å². The summed E-state index contributed by atoms with van der Waals surface area (Å²) in [6.45, 7) is 9.89. The number of carbonyl (C=O) groups is 1. The molecule has 6 heteroatoms. The highest BCUT2D eigenvalue weighted by Crippen LogP contribution is 2.27. The number of fused-ring (bicyclic) bond motifs is 1. The second kappa shape index (κ2) is 8.19. The van der Waals surface area contributed by atoms with Crippen LogP contribution in [0.2, 0.25) is 0 Å². The topological polar surface area (TPSA) is 60.3 Å². The Morgan fingerprint density at radius 3 is 2.46 bits per heavy atom. The molecule has 0 aliphatic rings. The third-order valence-electron chi connectivity index (χ3n) is 4.61. The summed E-state index contributed by atoms with van der Waals surface area (Å²) in [5.74, 6) is 0.804. The van der Waals surface area contributed by atoms with Crippen LogP contribution in [0.5, 0.6) is 5.75 Å². The highest BCUT2D eigenvalue weighted by Gasteiger charge is 2.18. The predicted octanol–water partition coefficient (Wildman–Crippen LogP) is 5.17. The van der Waals surface area contributed by atoms with Gasteiger partial charge in [0.05, 0.1) is 10.2 Å². The maximum absolute atomic E-state index is 12.6. The summed E-state index contributed by atoms with van der Waals surface area (Å²) in [7, 11) is 0. The minimum Gasteiger partial charge on any atom is -0.481 e. The van der Waals surface area contributed by atoms with Crippen molar-refractivity contribution in [2.75, 3.05) is 5.32 Å². The molecule has 3 aromatic rings. The molecule has 1 heterocycles. The number of benzene rings is 2. The summed E-state index contributed by atoms with van der Waals surface area (Å²) in [5.41, 5.74) is 2.61. The molecule has 3 rings (SSSR count). The second-order valence-corrected chi connectivity index (χ2v) is 8.45. The zero-order chi connectivity index (χ0) is 20.4. The van der Waals surface area contributed by atoms with E-state index in [0.717, 1.165) is 21.5 Å². The molecule has 0 aliphatic heterocycles. The average Bonchev–Trinajstić information content (AvgIpc) is 2.97. The van der Waals surface area contributed by atoms with Crippen LogP contribution in [-0.2, 0) is 4.79 Å². The van der Waals surface area contributed by atoms with Gasteiger partial charge in [-0.2, -0.15) is 0 Å². The van der Waals surface area contributed by atoms with Crippen molar-refractivity contribution in [3.63, 3.8) is 0 Å². The Morgan fingerprint density at radius 1 is 1.07 bits per heavy atom. The van der Waals surface area contributed by atoms with Gasteiger partial charge in [-0.1, -0.05) is 43.4 Å². The van der Waals surface area contributed by atoms with Gasteiger partial charge in [0, 0.05) is 11.7 Å². The van der Waals surface area contributed by atoms with Gasteiger partial charge >= 0.3 is 4.87 Å². The molecule has 1 atom stereocenters. The molecule has 0 spiro atoms. The van der Waals surface area contributed by atoms with Crippen molar-refractivity contribution in [2.24, 2.45) is 0 Å². The Kier molecular flexibility index (Phi) is 5.89. The van der Waals surface area contributed by atoms with Crippen LogP contribution in [0.3, 0.4) is 0 Å². The highest BCUT2D eigenvalue weighted by atomic mass is 32.1. The van der Waals surface area contributed by atoms with Gasteiger partial charge in [-0.15, -0.1) is 0 Å². The molecule has 1 aromatic heterocycles. The van der Waals surface area contributed by atoms with Crippen molar-refractivity contribution in [2.45, 2.75) is 52.7 Å². The first-order valence-corrected chi connectivity index (χ1v) is 10.3. The highest BCUT2D eigenvalue weighted by molar-refractivity contribution is 7.16. The largest absolute Gasteiger partial charge is 0.481 e. The molecule has 0 fully saturated rings. The first-order valence-electron chi connectivity index (χ1n) is 9.49. The number of hydrogen-bond acceptors (Lipinski definition) is 4. The van der Waals surface area contributed by atoms with E-state index in [1.807, 2.05) is 56.3 Å². The fourth-order valence-corrected chi connectivity index (χ4v) is 4.21. The van der Waals surface area contributed by atoms with Crippen LogP contribution < -0.4 is 14.9 Å². The molecular weight excluding hydrogens is 372 g/mol. The number of nitrogens with zero attached hydrogens (tertiary/aromatic N) is 1. The van der Waals surface area contributed by atoms with Gasteiger partial charge < -0.3 is 10.1 Å². The van der Waals surface area contributed by atoms with Crippen molar-refractivity contribution in [1.29, 1.82) is 0 Å². The number of thiazole rings is 1. The van der Waals surface area contributed by atoms with Gasteiger partial charge in [-0.05, 0) is 56.5 Å². The lowest BCUT2D eigenvalue weighted by Gasteiger charge is -2.18.